The molecule has 3 N–H and O–H groups in total. The number of aliphatic hydroxyl groups excluding tert-OH is 1. The molecule has 0 radical (unpaired) electrons. The molecule has 0 amide bonds. The van der Waals surface area contributed by atoms with Crippen LogP contribution in [-0.4, -0.2) is 36.3 Å². The SMILES string of the molecule is CCOC(=O)C(C(N)=NN=Cc1ccc(C(C)(C)C)cc1)=C(O)OCC. The molecule has 0 fully saturated rings. The van der Waals surface area contributed by atoms with Crippen LogP contribution in [0.15, 0.2) is 46.0 Å². The Kier molecular flexibility index (Phi) is 7.83. The summed E-state index contributed by atoms with van der Waals surface area (Å²) in [5.41, 5.74) is 7.50. The van der Waals surface area contributed by atoms with E-state index in [0.29, 0.717) is 0 Å². The topological polar surface area (TPSA) is 107 Å². The van der Waals surface area contributed by atoms with E-state index in [1.807, 2.05) is 24.3 Å². The molecule has 1 rings (SSSR count). The van der Waals surface area contributed by atoms with Crippen molar-refractivity contribution in [1.29, 1.82) is 0 Å². The maximum Gasteiger partial charge on any atom is 0.349 e. The summed E-state index contributed by atoms with van der Waals surface area (Å²) in [6.07, 6.45) is 1.50. The van der Waals surface area contributed by atoms with E-state index in [1.54, 1.807) is 13.8 Å². The Morgan fingerprint density at radius 1 is 1.15 bits per heavy atom. The van der Waals surface area contributed by atoms with E-state index in [0.717, 1.165) is 5.56 Å². The van der Waals surface area contributed by atoms with Crippen molar-refractivity contribution in [3.05, 3.63) is 46.9 Å². The Morgan fingerprint density at radius 2 is 1.73 bits per heavy atom. The molecule has 26 heavy (non-hydrogen) atoms. The van der Waals surface area contributed by atoms with Crippen molar-refractivity contribution in [2.75, 3.05) is 13.2 Å². The first-order chi connectivity index (χ1) is 12.2. The fraction of sp³-hybridized carbons (Fsp3) is 0.421. The van der Waals surface area contributed by atoms with Gasteiger partial charge < -0.3 is 20.3 Å². The molecule has 0 aliphatic heterocycles. The highest BCUT2D eigenvalue weighted by Gasteiger charge is 2.22. The summed E-state index contributed by atoms with van der Waals surface area (Å²) < 4.78 is 9.78. The summed E-state index contributed by atoms with van der Waals surface area (Å²) in [6, 6.07) is 7.85. The molecule has 0 saturated heterocycles. The van der Waals surface area contributed by atoms with Crippen molar-refractivity contribution < 1.29 is 19.4 Å². The number of nitrogens with two attached hydrogens (primary N) is 1. The minimum absolute atomic E-state index is 0.0639. The van der Waals surface area contributed by atoms with Gasteiger partial charge in [0.2, 0.25) is 0 Å². The van der Waals surface area contributed by atoms with Crippen molar-refractivity contribution in [2.24, 2.45) is 15.9 Å². The van der Waals surface area contributed by atoms with Gasteiger partial charge in [0.15, 0.2) is 11.4 Å². The molecule has 1 aromatic carbocycles. The number of esters is 1. The average molecular weight is 361 g/mol. The van der Waals surface area contributed by atoms with Crippen molar-refractivity contribution in [3.63, 3.8) is 0 Å². The lowest BCUT2D eigenvalue weighted by molar-refractivity contribution is -0.138. The van der Waals surface area contributed by atoms with Crippen LogP contribution in [0.2, 0.25) is 0 Å². The van der Waals surface area contributed by atoms with Crippen molar-refractivity contribution in [1.82, 2.24) is 0 Å². The second-order valence-corrected chi connectivity index (χ2v) is 6.44. The number of rotatable bonds is 7. The van der Waals surface area contributed by atoms with Gasteiger partial charge in [-0.15, -0.1) is 5.10 Å². The van der Waals surface area contributed by atoms with Gasteiger partial charge in [-0.05, 0) is 30.4 Å². The summed E-state index contributed by atoms with van der Waals surface area (Å²) in [4.78, 5) is 11.9. The van der Waals surface area contributed by atoms with Crippen LogP contribution in [0.3, 0.4) is 0 Å². The van der Waals surface area contributed by atoms with E-state index < -0.39 is 11.9 Å². The van der Waals surface area contributed by atoms with Crippen molar-refractivity contribution >= 4 is 18.0 Å². The Hall–Kier alpha value is -2.83. The number of hydrogen-bond donors (Lipinski definition) is 2. The molecule has 0 unspecified atom stereocenters. The van der Waals surface area contributed by atoms with Crippen LogP contribution in [-0.2, 0) is 19.7 Å². The lowest BCUT2D eigenvalue weighted by Gasteiger charge is -2.18. The van der Waals surface area contributed by atoms with Crippen LogP contribution in [0.1, 0.15) is 45.7 Å². The molecule has 142 valence electrons. The second kappa shape index (κ2) is 9.60. The van der Waals surface area contributed by atoms with Crippen LogP contribution >= 0.6 is 0 Å². The lowest BCUT2D eigenvalue weighted by Crippen LogP contribution is -2.25. The second-order valence-electron chi connectivity index (χ2n) is 6.44. The number of ether oxygens (including phenoxy) is 2. The third-order valence-electron chi connectivity index (χ3n) is 3.38. The van der Waals surface area contributed by atoms with E-state index in [4.69, 9.17) is 15.2 Å². The maximum absolute atomic E-state index is 11.9. The number of nitrogens with zero attached hydrogens (tertiary/aromatic N) is 2. The predicted molar refractivity (Wildman–Crippen MR) is 102 cm³/mol. The van der Waals surface area contributed by atoms with Crippen molar-refractivity contribution in [2.45, 2.75) is 40.0 Å². The Labute approximate surface area is 154 Å². The van der Waals surface area contributed by atoms with Gasteiger partial charge in [0.25, 0.3) is 5.95 Å². The summed E-state index contributed by atoms with van der Waals surface area (Å²) in [6.45, 7) is 9.98. The molecule has 0 bridgehead atoms. The molecular formula is C19H27N3O4. The first-order valence-electron chi connectivity index (χ1n) is 8.41. The van der Waals surface area contributed by atoms with Crippen LogP contribution < -0.4 is 5.73 Å². The van der Waals surface area contributed by atoms with E-state index in [2.05, 4.69) is 31.0 Å². The Morgan fingerprint density at radius 3 is 2.23 bits per heavy atom. The highest BCUT2D eigenvalue weighted by Crippen LogP contribution is 2.21. The number of carbonyl (C=O) groups excluding carboxylic acids is 1. The molecule has 0 spiro atoms. The molecular weight excluding hydrogens is 334 g/mol. The lowest BCUT2D eigenvalue weighted by atomic mass is 9.87. The monoisotopic (exact) mass is 361 g/mol. The highest BCUT2D eigenvalue weighted by molar-refractivity contribution is 6.18. The Balaban J connectivity index is 3.00. The third-order valence-corrected chi connectivity index (χ3v) is 3.38. The molecule has 1 aromatic rings. The quantitative estimate of drug-likeness (QED) is 0.194. The molecule has 0 aliphatic rings. The average Bonchev–Trinajstić information content (AvgIpc) is 2.55. The molecule has 7 heteroatoms. The van der Waals surface area contributed by atoms with Gasteiger partial charge in [-0.25, -0.2) is 4.79 Å². The summed E-state index contributed by atoms with van der Waals surface area (Å²) >= 11 is 0. The summed E-state index contributed by atoms with van der Waals surface area (Å²) in [5, 5.41) is 17.5. The van der Waals surface area contributed by atoms with Gasteiger partial charge in [-0.2, -0.15) is 5.10 Å². The minimum atomic E-state index is -0.829. The predicted octanol–water partition coefficient (Wildman–Crippen LogP) is 3.04. The molecule has 7 nitrogen and oxygen atoms in total. The zero-order valence-corrected chi connectivity index (χ0v) is 15.9. The van der Waals surface area contributed by atoms with Crippen molar-refractivity contribution in [3.8, 4) is 0 Å². The maximum atomic E-state index is 11.9. The first-order valence-corrected chi connectivity index (χ1v) is 8.41. The molecule has 0 heterocycles. The Bertz CT molecular complexity index is 698. The first kappa shape index (κ1) is 21.2. The van der Waals surface area contributed by atoms with Gasteiger partial charge in [-0.3, -0.25) is 0 Å². The van der Waals surface area contributed by atoms with Gasteiger partial charge in [-0.1, -0.05) is 45.0 Å². The number of benzene rings is 1. The van der Waals surface area contributed by atoms with E-state index in [9.17, 15) is 9.90 Å². The van der Waals surface area contributed by atoms with Gasteiger partial charge in [0.05, 0.1) is 19.4 Å². The number of aliphatic hydroxyl groups is 1. The fourth-order valence-corrected chi connectivity index (χ4v) is 1.99. The molecule has 0 saturated carbocycles. The van der Waals surface area contributed by atoms with Crippen LogP contribution in [0.4, 0.5) is 0 Å². The smallest absolute Gasteiger partial charge is 0.349 e. The zero-order valence-electron chi connectivity index (χ0n) is 15.9. The van der Waals surface area contributed by atoms with E-state index in [1.165, 1.54) is 11.8 Å². The molecule has 0 aliphatic carbocycles. The largest absolute Gasteiger partial charge is 0.480 e. The number of carbonyl (C=O) groups is 1. The van der Waals surface area contributed by atoms with Crippen LogP contribution in [0.5, 0.6) is 0 Å². The van der Waals surface area contributed by atoms with E-state index in [-0.39, 0.29) is 30.0 Å². The standard InChI is InChI=1S/C19H27N3O4/c1-6-25-17(23)15(18(24)26-7-2)16(20)22-21-12-13-8-10-14(11-9-13)19(3,4)5/h8-12,23H,6-7H2,1-5H3,(H2,20,22). The number of hydrogen-bond acceptors (Lipinski definition) is 6. The summed E-state index contributed by atoms with van der Waals surface area (Å²) in [5.74, 6) is -1.77. The fourth-order valence-electron chi connectivity index (χ4n) is 1.99. The van der Waals surface area contributed by atoms with Gasteiger partial charge in [0.1, 0.15) is 0 Å². The summed E-state index contributed by atoms with van der Waals surface area (Å²) in [7, 11) is 0. The molecule has 0 atom stereocenters. The van der Waals surface area contributed by atoms with Crippen LogP contribution in [0.25, 0.3) is 0 Å². The zero-order chi connectivity index (χ0) is 19.7. The van der Waals surface area contributed by atoms with Gasteiger partial charge >= 0.3 is 5.97 Å². The number of amidine groups is 1. The third kappa shape index (κ3) is 6.23. The minimum Gasteiger partial charge on any atom is -0.480 e. The van der Waals surface area contributed by atoms with Gasteiger partial charge in [0, 0.05) is 0 Å². The normalized spacial score (nSPS) is 13.5. The van der Waals surface area contributed by atoms with E-state index >= 15 is 0 Å². The molecule has 0 aromatic heterocycles. The van der Waals surface area contributed by atoms with Crippen LogP contribution in [0, 0.1) is 0 Å². The highest BCUT2D eigenvalue weighted by atomic mass is 16.6.